The molecule has 0 fully saturated rings. The van der Waals surface area contributed by atoms with Crippen molar-refractivity contribution in [3.05, 3.63) is 46.3 Å². The van der Waals surface area contributed by atoms with E-state index in [9.17, 15) is 4.79 Å². The van der Waals surface area contributed by atoms with Crippen molar-refractivity contribution in [3.8, 4) is 11.6 Å². The molecule has 0 aliphatic carbocycles. The van der Waals surface area contributed by atoms with Crippen LogP contribution in [0.1, 0.15) is 15.9 Å². The van der Waals surface area contributed by atoms with Gasteiger partial charge in [0.05, 0.1) is 10.0 Å². The monoisotopic (exact) mass is 308 g/mol. The summed E-state index contributed by atoms with van der Waals surface area (Å²) in [6.07, 6.45) is 2.91. The second kappa shape index (κ2) is 5.14. The maximum Gasteiger partial charge on any atom is 0.335 e. The molecule has 0 unspecified atom stereocenters. The van der Waals surface area contributed by atoms with Crippen molar-refractivity contribution in [2.75, 3.05) is 0 Å². The number of ether oxygens (including phenoxy) is 1. The van der Waals surface area contributed by atoms with E-state index in [2.05, 4.69) is 25.9 Å². The topological polar surface area (TPSA) is 72.3 Å². The second-order valence-electron chi connectivity index (χ2n) is 3.56. The van der Waals surface area contributed by atoms with Gasteiger partial charge in [-0.3, -0.25) is 0 Å². The van der Waals surface area contributed by atoms with Crippen LogP contribution in [0.3, 0.4) is 0 Å². The van der Waals surface area contributed by atoms with Gasteiger partial charge in [-0.05, 0) is 40.5 Å². The molecule has 0 amide bonds. The van der Waals surface area contributed by atoms with Crippen molar-refractivity contribution in [1.29, 1.82) is 0 Å². The summed E-state index contributed by atoms with van der Waals surface area (Å²) in [7, 11) is 0. The van der Waals surface area contributed by atoms with Crippen LogP contribution in [0.2, 0.25) is 0 Å². The Hall–Kier alpha value is -1.95. The number of halogens is 1. The summed E-state index contributed by atoms with van der Waals surface area (Å²) in [6, 6.07) is 4.68. The molecule has 0 saturated heterocycles. The largest absolute Gasteiger partial charge is 0.478 e. The smallest absolute Gasteiger partial charge is 0.335 e. The van der Waals surface area contributed by atoms with E-state index in [-0.39, 0.29) is 5.56 Å². The molecule has 0 aliphatic heterocycles. The summed E-state index contributed by atoms with van der Waals surface area (Å²) in [4.78, 5) is 18.7. The molecule has 0 spiro atoms. The molecule has 1 aromatic carbocycles. The molecule has 0 radical (unpaired) electrons. The van der Waals surface area contributed by atoms with Gasteiger partial charge in [-0.15, -0.1) is 0 Å². The SMILES string of the molecule is Cc1ccc(C(=O)O)cc1Oc1ncncc1Br. The minimum atomic E-state index is -0.999. The number of aromatic nitrogens is 2. The van der Waals surface area contributed by atoms with Crippen LogP contribution < -0.4 is 4.74 Å². The number of benzene rings is 1. The number of hydrogen-bond acceptors (Lipinski definition) is 4. The van der Waals surface area contributed by atoms with Crippen molar-refractivity contribution in [3.63, 3.8) is 0 Å². The Bertz CT molecular complexity index is 602. The summed E-state index contributed by atoms with van der Waals surface area (Å²) in [5.41, 5.74) is 0.992. The van der Waals surface area contributed by atoms with E-state index in [1.54, 1.807) is 12.3 Å². The van der Waals surface area contributed by atoms with Crippen molar-refractivity contribution in [2.45, 2.75) is 6.92 Å². The third kappa shape index (κ3) is 2.65. The summed E-state index contributed by atoms with van der Waals surface area (Å²) in [5, 5.41) is 8.93. The van der Waals surface area contributed by atoms with Gasteiger partial charge in [0.2, 0.25) is 5.88 Å². The molecule has 0 atom stereocenters. The maximum absolute atomic E-state index is 10.9. The first-order chi connectivity index (χ1) is 8.58. The molecule has 2 aromatic rings. The Labute approximate surface area is 112 Å². The Morgan fingerprint density at radius 3 is 2.89 bits per heavy atom. The highest BCUT2D eigenvalue weighted by atomic mass is 79.9. The number of rotatable bonds is 3. The molecule has 0 aliphatic rings. The van der Waals surface area contributed by atoms with Crippen molar-refractivity contribution in [2.24, 2.45) is 0 Å². The highest BCUT2D eigenvalue weighted by molar-refractivity contribution is 9.10. The van der Waals surface area contributed by atoms with Crippen LogP contribution in [-0.4, -0.2) is 21.0 Å². The zero-order valence-electron chi connectivity index (χ0n) is 9.42. The van der Waals surface area contributed by atoms with Crippen LogP contribution in [0, 0.1) is 6.92 Å². The summed E-state index contributed by atoms with van der Waals surface area (Å²) < 4.78 is 6.17. The summed E-state index contributed by atoms with van der Waals surface area (Å²) in [6.45, 7) is 1.83. The van der Waals surface area contributed by atoms with Crippen LogP contribution in [-0.2, 0) is 0 Å². The standard InChI is InChI=1S/C12H9BrN2O3/c1-7-2-3-8(12(16)17)4-10(7)18-11-9(13)5-14-6-15-11/h2-6H,1H3,(H,16,17). The summed E-state index contributed by atoms with van der Waals surface area (Å²) in [5.74, 6) is -0.202. The third-order valence-electron chi connectivity index (χ3n) is 2.28. The molecule has 0 saturated carbocycles. The lowest BCUT2D eigenvalue weighted by Crippen LogP contribution is -1.98. The highest BCUT2D eigenvalue weighted by Crippen LogP contribution is 2.29. The van der Waals surface area contributed by atoms with E-state index >= 15 is 0 Å². The fourth-order valence-electron chi connectivity index (χ4n) is 1.32. The summed E-state index contributed by atoms with van der Waals surface area (Å²) >= 11 is 3.26. The number of carboxylic acids is 1. The van der Waals surface area contributed by atoms with Crippen molar-refractivity contribution < 1.29 is 14.6 Å². The van der Waals surface area contributed by atoms with Crippen LogP contribution in [0.15, 0.2) is 35.2 Å². The molecule has 1 N–H and O–H groups in total. The predicted molar refractivity (Wildman–Crippen MR) is 67.9 cm³/mol. The van der Waals surface area contributed by atoms with Crippen LogP contribution in [0.25, 0.3) is 0 Å². The van der Waals surface area contributed by atoms with Gasteiger partial charge in [0.1, 0.15) is 12.1 Å². The fourth-order valence-corrected chi connectivity index (χ4v) is 1.63. The Morgan fingerprint density at radius 1 is 1.44 bits per heavy atom. The first-order valence-corrected chi connectivity index (χ1v) is 5.84. The van der Waals surface area contributed by atoms with Gasteiger partial charge < -0.3 is 9.84 Å². The Morgan fingerprint density at radius 2 is 2.22 bits per heavy atom. The lowest BCUT2D eigenvalue weighted by atomic mass is 10.1. The van der Waals surface area contributed by atoms with Gasteiger partial charge in [-0.2, -0.15) is 0 Å². The molecule has 2 rings (SSSR count). The van der Waals surface area contributed by atoms with Crippen LogP contribution in [0.4, 0.5) is 0 Å². The maximum atomic E-state index is 10.9. The van der Waals surface area contributed by atoms with E-state index in [1.807, 2.05) is 6.92 Å². The van der Waals surface area contributed by atoms with E-state index in [1.165, 1.54) is 18.5 Å². The molecule has 5 nitrogen and oxygen atoms in total. The van der Waals surface area contributed by atoms with E-state index in [0.29, 0.717) is 16.1 Å². The Balaban J connectivity index is 2.37. The highest BCUT2D eigenvalue weighted by Gasteiger charge is 2.10. The molecule has 1 heterocycles. The minimum absolute atomic E-state index is 0.167. The first-order valence-electron chi connectivity index (χ1n) is 5.05. The van der Waals surface area contributed by atoms with Crippen LogP contribution >= 0.6 is 15.9 Å². The average molecular weight is 309 g/mol. The van der Waals surface area contributed by atoms with E-state index < -0.39 is 5.97 Å². The number of hydrogen-bond donors (Lipinski definition) is 1. The number of aromatic carboxylic acids is 1. The number of nitrogens with zero attached hydrogens (tertiary/aromatic N) is 2. The number of carbonyl (C=O) groups is 1. The average Bonchev–Trinajstić information content (AvgIpc) is 2.34. The quantitative estimate of drug-likeness (QED) is 0.943. The van der Waals surface area contributed by atoms with E-state index in [0.717, 1.165) is 5.56 Å². The van der Waals surface area contributed by atoms with Gasteiger partial charge in [0.25, 0.3) is 0 Å². The normalized spacial score (nSPS) is 10.1. The zero-order valence-corrected chi connectivity index (χ0v) is 11.0. The van der Waals surface area contributed by atoms with Gasteiger partial charge in [-0.1, -0.05) is 6.07 Å². The lowest BCUT2D eigenvalue weighted by molar-refractivity contribution is 0.0696. The lowest BCUT2D eigenvalue weighted by Gasteiger charge is -2.09. The fraction of sp³-hybridized carbons (Fsp3) is 0.0833. The van der Waals surface area contributed by atoms with Crippen molar-refractivity contribution in [1.82, 2.24) is 9.97 Å². The zero-order chi connectivity index (χ0) is 13.1. The van der Waals surface area contributed by atoms with Gasteiger partial charge >= 0.3 is 5.97 Å². The second-order valence-corrected chi connectivity index (χ2v) is 4.42. The Kier molecular flexibility index (Phi) is 3.57. The van der Waals surface area contributed by atoms with Crippen LogP contribution in [0.5, 0.6) is 11.6 Å². The first kappa shape index (κ1) is 12.5. The third-order valence-corrected chi connectivity index (χ3v) is 2.82. The molecular weight excluding hydrogens is 300 g/mol. The molecule has 0 bridgehead atoms. The molecule has 18 heavy (non-hydrogen) atoms. The molecular formula is C12H9BrN2O3. The van der Waals surface area contributed by atoms with E-state index in [4.69, 9.17) is 9.84 Å². The molecule has 1 aromatic heterocycles. The minimum Gasteiger partial charge on any atom is -0.478 e. The number of aryl methyl sites for hydroxylation is 1. The van der Waals surface area contributed by atoms with Crippen molar-refractivity contribution >= 4 is 21.9 Å². The molecule has 92 valence electrons. The number of carboxylic acid groups (broad SMARTS) is 1. The van der Waals surface area contributed by atoms with Gasteiger partial charge in [-0.25, -0.2) is 14.8 Å². The van der Waals surface area contributed by atoms with Gasteiger partial charge in [0.15, 0.2) is 0 Å². The predicted octanol–water partition coefficient (Wildman–Crippen LogP) is 3.04. The molecule has 6 heteroatoms. The van der Waals surface area contributed by atoms with Gasteiger partial charge in [0, 0.05) is 6.20 Å².